The van der Waals surface area contributed by atoms with Gasteiger partial charge in [0.05, 0.1) is 6.04 Å². The van der Waals surface area contributed by atoms with Gasteiger partial charge in [-0.1, -0.05) is 6.07 Å². The normalized spacial score (nSPS) is 16.3. The highest BCUT2D eigenvalue weighted by molar-refractivity contribution is 7.10. The second-order valence-corrected chi connectivity index (χ2v) is 8.83. The van der Waals surface area contributed by atoms with Gasteiger partial charge in [-0.15, -0.1) is 22.7 Å². The molecule has 0 radical (unpaired) electrons. The average molecular weight is 403 g/mol. The highest BCUT2D eigenvalue weighted by Crippen LogP contribution is 2.39. The summed E-state index contributed by atoms with van der Waals surface area (Å²) in [4.78, 5) is 29.4. The van der Waals surface area contributed by atoms with Gasteiger partial charge >= 0.3 is 0 Å². The Kier molecular flexibility index (Phi) is 5.19. The zero-order valence-corrected chi connectivity index (χ0v) is 16.5. The highest BCUT2D eigenvalue weighted by Gasteiger charge is 2.33. The van der Waals surface area contributed by atoms with Crippen molar-refractivity contribution in [2.45, 2.75) is 18.9 Å². The predicted octanol–water partition coefficient (Wildman–Crippen LogP) is 4.17. The van der Waals surface area contributed by atoms with Crippen LogP contribution >= 0.6 is 34.0 Å². The lowest BCUT2D eigenvalue weighted by Crippen LogP contribution is -2.41. The molecule has 3 aromatic rings. The minimum absolute atomic E-state index is 0.00470. The predicted molar refractivity (Wildman–Crippen MR) is 107 cm³/mol. The van der Waals surface area contributed by atoms with E-state index in [1.807, 2.05) is 21.7 Å². The van der Waals surface area contributed by atoms with E-state index in [9.17, 15) is 9.59 Å². The molecule has 3 aromatic heterocycles. The van der Waals surface area contributed by atoms with E-state index < -0.39 is 0 Å². The summed E-state index contributed by atoms with van der Waals surface area (Å²) in [5.41, 5.74) is 1.90. The number of hydrogen-bond acceptors (Lipinski definition) is 5. The Bertz CT molecular complexity index is 884. The fourth-order valence-electron chi connectivity index (χ4n) is 3.26. The Labute approximate surface area is 164 Å². The quantitative estimate of drug-likeness (QED) is 0.696. The van der Waals surface area contributed by atoms with Gasteiger partial charge < -0.3 is 10.2 Å². The molecular weight excluding hydrogens is 384 g/mol. The third kappa shape index (κ3) is 3.47. The molecule has 1 aliphatic heterocycles. The monoisotopic (exact) mass is 402 g/mol. The summed E-state index contributed by atoms with van der Waals surface area (Å²) in [6.45, 7) is 1.09. The summed E-state index contributed by atoms with van der Waals surface area (Å²) in [6.07, 6.45) is 1.22. The summed E-state index contributed by atoms with van der Waals surface area (Å²) in [7, 11) is 0. The molecule has 1 atom stereocenters. The number of nitrogens with one attached hydrogen (secondary N) is 1. The van der Waals surface area contributed by atoms with Crippen LogP contribution in [0.15, 0.2) is 45.8 Å². The minimum Gasteiger partial charge on any atom is -0.351 e. The zero-order chi connectivity index (χ0) is 17.9. The molecule has 0 fully saturated rings. The molecule has 134 valence electrons. The topological polar surface area (TPSA) is 49.4 Å². The first kappa shape index (κ1) is 17.5. The van der Waals surface area contributed by atoms with Crippen molar-refractivity contribution in [1.82, 2.24) is 10.2 Å². The van der Waals surface area contributed by atoms with Crippen molar-refractivity contribution in [2.24, 2.45) is 0 Å². The number of hydrogen-bond donors (Lipinski definition) is 1. The molecular formula is C19H18N2O2S3. The number of amides is 2. The maximum Gasteiger partial charge on any atom is 0.252 e. The Morgan fingerprint density at radius 1 is 1.15 bits per heavy atom. The molecule has 1 N–H and O–H groups in total. The minimum atomic E-state index is -0.118. The van der Waals surface area contributed by atoms with Gasteiger partial charge in [-0.25, -0.2) is 0 Å². The summed E-state index contributed by atoms with van der Waals surface area (Å²) in [5.74, 6) is -0.0292. The van der Waals surface area contributed by atoms with Gasteiger partial charge in [0.25, 0.3) is 5.91 Å². The molecule has 7 heteroatoms. The van der Waals surface area contributed by atoms with Crippen molar-refractivity contribution in [3.8, 4) is 0 Å². The van der Waals surface area contributed by atoms with E-state index in [0.717, 1.165) is 13.0 Å². The lowest BCUT2D eigenvalue weighted by Gasteiger charge is -2.35. The van der Waals surface area contributed by atoms with Gasteiger partial charge in [-0.2, -0.15) is 11.3 Å². The Hall–Kier alpha value is -1.96. The van der Waals surface area contributed by atoms with Crippen LogP contribution in [0.25, 0.3) is 0 Å². The summed E-state index contributed by atoms with van der Waals surface area (Å²) >= 11 is 4.95. The molecule has 26 heavy (non-hydrogen) atoms. The van der Waals surface area contributed by atoms with Crippen LogP contribution in [0.3, 0.4) is 0 Å². The van der Waals surface area contributed by atoms with Crippen LogP contribution in [0.5, 0.6) is 0 Å². The van der Waals surface area contributed by atoms with E-state index in [1.54, 1.807) is 28.7 Å². The number of carbonyl (C=O) groups excluding carboxylic acids is 2. The van der Waals surface area contributed by atoms with Gasteiger partial charge in [0, 0.05) is 40.2 Å². The maximum atomic E-state index is 12.9. The Morgan fingerprint density at radius 2 is 2.08 bits per heavy atom. The van der Waals surface area contributed by atoms with Crippen molar-refractivity contribution in [3.63, 3.8) is 0 Å². The second-order valence-electron chi connectivity index (χ2n) is 6.07. The Morgan fingerprint density at radius 3 is 2.85 bits per heavy atom. The van der Waals surface area contributed by atoms with E-state index in [1.165, 1.54) is 26.7 Å². The molecule has 0 bridgehead atoms. The van der Waals surface area contributed by atoms with Crippen LogP contribution in [0.2, 0.25) is 0 Å². The first-order valence-corrected chi connectivity index (χ1v) is 11.1. The number of rotatable bonds is 5. The van der Waals surface area contributed by atoms with Crippen LogP contribution in [0.4, 0.5) is 0 Å². The molecule has 2 amide bonds. The largest absolute Gasteiger partial charge is 0.351 e. The standard InChI is InChI=1S/C19H18N2O2S3/c22-17(3-7-20-19(23)13-5-10-24-12-13)21-8-4-15-14(6-11-26-15)18(21)16-2-1-9-25-16/h1-2,5-6,9-12,18H,3-4,7-8H2,(H,20,23). The van der Waals surface area contributed by atoms with E-state index in [0.29, 0.717) is 18.5 Å². The van der Waals surface area contributed by atoms with Crippen molar-refractivity contribution >= 4 is 45.8 Å². The SMILES string of the molecule is O=C(NCCC(=O)N1CCc2sccc2C1c1cccs1)c1ccsc1. The molecule has 0 spiro atoms. The van der Waals surface area contributed by atoms with Crippen LogP contribution in [-0.4, -0.2) is 29.8 Å². The van der Waals surface area contributed by atoms with Crippen LogP contribution in [0, 0.1) is 0 Å². The summed E-state index contributed by atoms with van der Waals surface area (Å²) in [6, 6.07) is 8.06. The molecule has 1 unspecified atom stereocenters. The number of fused-ring (bicyclic) bond motifs is 1. The van der Waals surface area contributed by atoms with Crippen molar-refractivity contribution in [2.75, 3.05) is 13.1 Å². The highest BCUT2D eigenvalue weighted by atomic mass is 32.1. The van der Waals surface area contributed by atoms with Crippen LogP contribution in [-0.2, 0) is 11.2 Å². The van der Waals surface area contributed by atoms with Gasteiger partial charge in [0.2, 0.25) is 5.91 Å². The molecule has 0 aliphatic carbocycles. The van der Waals surface area contributed by atoms with Crippen molar-refractivity contribution in [3.05, 3.63) is 66.7 Å². The zero-order valence-electron chi connectivity index (χ0n) is 14.0. The molecule has 4 heterocycles. The number of carbonyl (C=O) groups is 2. The summed E-state index contributed by atoms with van der Waals surface area (Å²) < 4.78 is 0. The lowest BCUT2D eigenvalue weighted by molar-refractivity contribution is -0.133. The fraction of sp³-hybridized carbons (Fsp3) is 0.263. The van der Waals surface area contributed by atoms with E-state index in [-0.39, 0.29) is 17.9 Å². The van der Waals surface area contributed by atoms with E-state index in [4.69, 9.17) is 0 Å². The first-order valence-electron chi connectivity index (χ1n) is 8.43. The molecule has 0 aromatic carbocycles. The molecule has 4 rings (SSSR count). The van der Waals surface area contributed by atoms with Gasteiger partial charge in [0.15, 0.2) is 0 Å². The van der Waals surface area contributed by atoms with Crippen LogP contribution in [0.1, 0.15) is 38.1 Å². The van der Waals surface area contributed by atoms with Crippen molar-refractivity contribution in [1.29, 1.82) is 0 Å². The maximum absolute atomic E-state index is 12.9. The van der Waals surface area contributed by atoms with Crippen molar-refractivity contribution < 1.29 is 9.59 Å². The summed E-state index contributed by atoms with van der Waals surface area (Å²) in [5, 5.41) is 10.7. The molecule has 0 saturated heterocycles. The number of thiophene rings is 3. The lowest BCUT2D eigenvalue weighted by atomic mass is 9.98. The smallest absolute Gasteiger partial charge is 0.252 e. The second kappa shape index (κ2) is 7.73. The third-order valence-corrected chi connectivity index (χ3v) is 7.11. The number of nitrogens with zero attached hydrogens (tertiary/aromatic N) is 1. The van der Waals surface area contributed by atoms with E-state index in [2.05, 4.69) is 28.2 Å². The first-order chi connectivity index (χ1) is 12.7. The van der Waals surface area contributed by atoms with Gasteiger partial charge in [0.1, 0.15) is 0 Å². The fourth-order valence-corrected chi connectivity index (χ4v) is 5.66. The molecule has 0 saturated carbocycles. The average Bonchev–Trinajstić information content (AvgIpc) is 3.42. The molecule has 4 nitrogen and oxygen atoms in total. The van der Waals surface area contributed by atoms with Gasteiger partial charge in [-0.05, 0) is 46.3 Å². The molecule has 1 aliphatic rings. The van der Waals surface area contributed by atoms with Gasteiger partial charge in [-0.3, -0.25) is 9.59 Å². The van der Waals surface area contributed by atoms with Crippen LogP contribution < -0.4 is 5.32 Å². The Balaban J connectivity index is 1.44. The third-order valence-electron chi connectivity index (χ3n) is 4.51. The van der Waals surface area contributed by atoms with E-state index >= 15 is 0 Å².